The summed E-state index contributed by atoms with van der Waals surface area (Å²) in [5.74, 6) is 2.47. The fraction of sp³-hybridized carbons (Fsp3) is 1.00. The van der Waals surface area contributed by atoms with Crippen LogP contribution < -0.4 is 0 Å². The van der Waals surface area contributed by atoms with Crippen molar-refractivity contribution in [2.24, 2.45) is 29.6 Å². The third-order valence-electron chi connectivity index (χ3n) is 10.9. The van der Waals surface area contributed by atoms with Crippen LogP contribution in [0.25, 0.3) is 0 Å². The Kier molecular flexibility index (Phi) is 25.0. The molecule has 1 fully saturated rings. The highest BCUT2D eigenvalue weighted by Gasteiger charge is 2.46. The van der Waals surface area contributed by atoms with Gasteiger partial charge in [0.25, 0.3) is 0 Å². The van der Waals surface area contributed by atoms with Gasteiger partial charge >= 0.3 is 7.60 Å². The second-order valence-electron chi connectivity index (χ2n) is 14.6. The zero-order valence-electron chi connectivity index (χ0n) is 31.3. The average molecular weight is 642 g/mol. The summed E-state index contributed by atoms with van der Waals surface area (Å²) >= 11 is 0. The Bertz CT molecular complexity index is 655. The maximum Gasteiger partial charge on any atom is 0.347 e. The second kappa shape index (κ2) is 26.1. The number of hydrogen-bond acceptors (Lipinski definition) is 4. The van der Waals surface area contributed by atoms with Crippen molar-refractivity contribution >= 4 is 7.60 Å². The minimum atomic E-state index is -3.41. The van der Waals surface area contributed by atoms with E-state index in [2.05, 4.69) is 60.3 Å². The van der Waals surface area contributed by atoms with Crippen molar-refractivity contribution in [2.45, 2.75) is 196 Å². The molecule has 5 unspecified atom stereocenters. The molecule has 0 aliphatic heterocycles. The first-order valence-electron chi connectivity index (χ1n) is 20.0. The van der Waals surface area contributed by atoms with E-state index in [1.807, 2.05) is 0 Å². The lowest BCUT2D eigenvalue weighted by Gasteiger charge is -2.44. The van der Waals surface area contributed by atoms with E-state index in [1.54, 1.807) is 0 Å². The largest absolute Gasteiger partial charge is 0.347 e. The average Bonchev–Trinajstić information content (AvgIpc) is 3.05. The predicted octanol–water partition coefficient (Wildman–Crippen LogP) is 13.3. The highest BCUT2D eigenvalue weighted by molar-refractivity contribution is 7.54. The van der Waals surface area contributed by atoms with Crippen molar-refractivity contribution in [3.63, 3.8) is 0 Å². The van der Waals surface area contributed by atoms with Gasteiger partial charge in [0.15, 0.2) is 0 Å². The predicted molar refractivity (Wildman–Crippen MR) is 195 cm³/mol. The zero-order chi connectivity index (χ0) is 32.6. The van der Waals surface area contributed by atoms with Crippen LogP contribution in [0.2, 0.25) is 0 Å². The van der Waals surface area contributed by atoms with E-state index < -0.39 is 7.60 Å². The molecule has 1 saturated carbocycles. The fourth-order valence-electron chi connectivity index (χ4n) is 7.38. The van der Waals surface area contributed by atoms with Gasteiger partial charge in [0, 0.05) is 13.1 Å². The highest BCUT2D eigenvalue weighted by Crippen LogP contribution is 2.60. The van der Waals surface area contributed by atoms with E-state index in [4.69, 9.17) is 9.05 Å². The first-order valence-corrected chi connectivity index (χ1v) is 21.6. The molecule has 0 aromatic heterocycles. The molecule has 0 aromatic rings. The molecular formula is C39H80NO3P. The molecular weight excluding hydrogens is 561 g/mol. The Morgan fingerprint density at radius 1 is 0.568 bits per heavy atom. The normalized spacial score (nSPS) is 19.5. The van der Waals surface area contributed by atoms with E-state index in [0.717, 1.165) is 51.6 Å². The van der Waals surface area contributed by atoms with Crippen molar-refractivity contribution in [3.8, 4) is 0 Å². The molecule has 0 heterocycles. The van der Waals surface area contributed by atoms with E-state index in [0.29, 0.717) is 42.8 Å². The second-order valence-corrected chi connectivity index (χ2v) is 16.7. The van der Waals surface area contributed by atoms with Gasteiger partial charge in [-0.25, -0.2) is 0 Å². The molecule has 1 aliphatic carbocycles. The molecule has 44 heavy (non-hydrogen) atoms. The van der Waals surface area contributed by atoms with Crippen molar-refractivity contribution in [3.05, 3.63) is 0 Å². The Hall–Kier alpha value is 0.110. The molecule has 0 radical (unpaired) electrons. The molecule has 1 aliphatic rings. The Morgan fingerprint density at radius 2 is 0.932 bits per heavy atom. The summed E-state index contributed by atoms with van der Waals surface area (Å²) < 4.78 is 29.4. The molecule has 264 valence electrons. The lowest BCUT2D eigenvalue weighted by atomic mass is 9.87. The molecule has 4 nitrogen and oxygen atoms in total. The summed E-state index contributed by atoms with van der Waals surface area (Å²) in [6, 6.07) is 0. The van der Waals surface area contributed by atoms with Crippen LogP contribution in [0.4, 0.5) is 0 Å². The number of hydrogen-bond donors (Lipinski definition) is 0. The Labute approximate surface area is 277 Å². The summed E-state index contributed by atoms with van der Waals surface area (Å²) in [6.45, 7) is 21.7. The SMILES string of the molecule is CCCCC(CC)COP(=O)(OCC(CC)CCCC)C(C1CCCCC1)N(CC(CC)CCCC)CC(CC)CCCC. The van der Waals surface area contributed by atoms with E-state index in [-0.39, 0.29) is 5.78 Å². The van der Waals surface area contributed by atoms with Crippen LogP contribution in [-0.2, 0) is 13.6 Å². The van der Waals surface area contributed by atoms with Gasteiger partial charge in [0.2, 0.25) is 0 Å². The smallest absolute Gasteiger partial charge is 0.307 e. The summed E-state index contributed by atoms with van der Waals surface area (Å²) in [4.78, 5) is 2.73. The van der Waals surface area contributed by atoms with Crippen molar-refractivity contribution in [2.75, 3.05) is 26.3 Å². The lowest BCUT2D eigenvalue weighted by Crippen LogP contribution is -2.47. The summed E-state index contributed by atoms with van der Waals surface area (Å²) in [5, 5.41) is 0. The van der Waals surface area contributed by atoms with Crippen LogP contribution in [-0.4, -0.2) is 37.0 Å². The van der Waals surface area contributed by atoms with Crippen molar-refractivity contribution < 1.29 is 13.6 Å². The molecule has 0 bridgehead atoms. The van der Waals surface area contributed by atoms with Gasteiger partial charge < -0.3 is 9.05 Å². The van der Waals surface area contributed by atoms with Gasteiger partial charge in [0.05, 0.1) is 13.2 Å². The molecule has 0 N–H and O–H groups in total. The van der Waals surface area contributed by atoms with Crippen molar-refractivity contribution in [1.82, 2.24) is 4.90 Å². The van der Waals surface area contributed by atoms with Gasteiger partial charge in [-0.2, -0.15) is 0 Å². The van der Waals surface area contributed by atoms with Gasteiger partial charge in [-0.15, -0.1) is 0 Å². The lowest BCUT2D eigenvalue weighted by molar-refractivity contribution is 0.0737. The van der Waals surface area contributed by atoms with Crippen molar-refractivity contribution in [1.29, 1.82) is 0 Å². The van der Waals surface area contributed by atoms with E-state index in [1.165, 1.54) is 96.3 Å². The first-order chi connectivity index (χ1) is 21.4. The molecule has 0 aromatic carbocycles. The first kappa shape index (κ1) is 42.1. The van der Waals surface area contributed by atoms with Gasteiger partial charge in [0.1, 0.15) is 5.78 Å². The van der Waals surface area contributed by atoms with Gasteiger partial charge in [-0.05, 0) is 68.1 Å². The van der Waals surface area contributed by atoms with E-state index >= 15 is 4.57 Å². The van der Waals surface area contributed by atoms with Crippen LogP contribution in [0.5, 0.6) is 0 Å². The number of unbranched alkanes of at least 4 members (excludes halogenated alkanes) is 4. The summed E-state index contributed by atoms with van der Waals surface area (Å²) in [6.07, 6.45) is 25.4. The molecule has 5 atom stereocenters. The Morgan fingerprint density at radius 3 is 1.27 bits per heavy atom. The van der Waals surface area contributed by atoms with Crippen LogP contribution in [0.1, 0.15) is 190 Å². The van der Waals surface area contributed by atoms with Crippen LogP contribution in [0, 0.1) is 29.6 Å². The summed E-state index contributed by atoms with van der Waals surface area (Å²) in [7, 11) is -3.41. The third kappa shape index (κ3) is 16.3. The molecule has 1 rings (SSSR count). The molecule has 0 saturated heterocycles. The third-order valence-corrected chi connectivity index (χ3v) is 13.3. The quantitative estimate of drug-likeness (QED) is 0.0762. The van der Waals surface area contributed by atoms with Crippen LogP contribution in [0.3, 0.4) is 0 Å². The fourth-order valence-corrected chi connectivity index (χ4v) is 10.0. The maximum atomic E-state index is 15.7. The monoisotopic (exact) mass is 642 g/mol. The number of nitrogens with zero attached hydrogens (tertiary/aromatic N) is 1. The van der Waals surface area contributed by atoms with Crippen LogP contribution in [0.15, 0.2) is 0 Å². The Balaban J connectivity index is 3.60. The minimum Gasteiger partial charge on any atom is -0.307 e. The molecule has 0 spiro atoms. The summed E-state index contributed by atoms with van der Waals surface area (Å²) in [5.41, 5.74) is 0. The molecule has 5 heteroatoms. The zero-order valence-corrected chi connectivity index (χ0v) is 32.2. The minimum absolute atomic E-state index is 0.110. The molecule has 0 amide bonds. The van der Waals surface area contributed by atoms with Crippen LogP contribution >= 0.6 is 7.60 Å². The topological polar surface area (TPSA) is 38.8 Å². The van der Waals surface area contributed by atoms with Gasteiger partial charge in [-0.1, -0.05) is 152 Å². The van der Waals surface area contributed by atoms with Gasteiger partial charge in [-0.3, -0.25) is 9.46 Å². The maximum absolute atomic E-state index is 15.7. The number of rotatable bonds is 29. The highest BCUT2D eigenvalue weighted by atomic mass is 31.2. The van der Waals surface area contributed by atoms with E-state index in [9.17, 15) is 0 Å². The standard InChI is InChI=1S/C39H80NO3P/c1-9-17-24-34(13-5)30-40(31-35(14-6)25-18-10-2)39(38-28-22-21-23-29-38)44(41,42-32-36(15-7)26-19-11-3)43-33-37(16-8)27-20-12-4/h34-39H,9-33H2,1-8H3.